The lowest BCUT2D eigenvalue weighted by Crippen LogP contribution is -2.32. The van der Waals surface area contributed by atoms with Crippen molar-refractivity contribution in [2.75, 3.05) is 11.5 Å². The van der Waals surface area contributed by atoms with Gasteiger partial charge in [-0.15, -0.1) is 0 Å². The van der Waals surface area contributed by atoms with Crippen molar-refractivity contribution in [2.45, 2.75) is 26.7 Å². The van der Waals surface area contributed by atoms with Crippen LogP contribution in [0.4, 0.5) is 5.69 Å². The molecular weight excluding hydrogens is 394 g/mol. The summed E-state index contributed by atoms with van der Waals surface area (Å²) in [5.74, 6) is -2.45. The van der Waals surface area contributed by atoms with Crippen LogP contribution in [-0.4, -0.2) is 30.2 Å². The van der Waals surface area contributed by atoms with Crippen molar-refractivity contribution in [1.29, 1.82) is 0 Å². The zero-order chi connectivity index (χ0) is 22.1. The molecule has 0 bridgehead atoms. The standard InChI is InChI=1S/C25H23NO5/c1-15-11-12-16(2)20(13-15)22(27)14-31-25(30)19-9-5-6-10-21(19)26-23(28)17-7-3-4-8-18(17)24(26)29/h3-6,9-13,17-18H,7-8,14H2,1-2H3. The van der Waals surface area contributed by atoms with Crippen LogP contribution in [0.3, 0.4) is 0 Å². The Labute approximate surface area is 180 Å². The number of aryl methyl sites for hydroxylation is 2. The molecule has 2 aromatic rings. The van der Waals surface area contributed by atoms with E-state index in [4.69, 9.17) is 4.74 Å². The van der Waals surface area contributed by atoms with Gasteiger partial charge in [-0.1, -0.05) is 42.0 Å². The van der Waals surface area contributed by atoms with Crippen molar-refractivity contribution in [1.82, 2.24) is 0 Å². The van der Waals surface area contributed by atoms with Crippen LogP contribution in [0.5, 0.6) is 0 Å². The van der Waals surface area contributed by atoms with E-state index < -0.39 is 24.4 Å². The highest BCUT2D eigenvalue weighted by atomic mass is 16.5. The SMILES string of the molecule is Cc1ccc(C)c(C(=O)COC(=O)c2ccccc2N2C(=O)C3CC=CCC3C2=O)c1. The van der Waals surface area contributed by atoms with Crippen molar-refractivity contribution in [3.63, 3.8) is 0 Å². The van der Waals surface area contributed by atoms with Gasteiger partial charge in [0.2, 0.25) is 17.6 Å². The maximum atomic E-state index is 12.9. The topological polar surface area (TPSA) is 80.8 Å². The molecular formula is C25H23NO5. The number of hydrogen-bond donors (Lipinski definition) is 0. The summed E-state index contributed by atoms with van der Waals surface area (Å²) < 4.78 is 5.28. The van der Waals surface area contributed by atoms with Gasteiger partial charge < -0.3 is 4.74 Å². The van der Waals surface area contributed by atoms with Gasteiger partial charge in [-0.25, -0.2) is 9.69 Å². The second-order valence-electron chi connectivity index (χ2n) is 8.00. The number of allylic oxidation sites excluding steroid dienone is 2. The first-order chi connectivity index (χ1) is 14.9. The van der Waals surface area contributed by atoms with Crippen molar-refractivity contribution < 1.29 is 23.9 Å². The molecule has 0 radical (unpaired) electrons. The minimum absolute atomic E-state index is 0.0876. The molecule has 1 saturated heterocycles. The number of amides is 2. The number of nitrogens with zero attached hydrogens (tertiary/aromatic N) is 1. The van der Waals surface area contributed by atoms with Crippen molar-refractivity contribution in [2.24, 2.45) is 11.8 Å². The summed E-state index contributed by atoms with van der Waals surface area (Å²) in [5.41, 5.74) is 2.53. The predicted molar refractivity (Wildman–Crippen MR) is 115 cm³/mol. The van der Waals surface area contributed by atoms with Gasteiger partial charge in [0, 0.05) is 5.56 Å². The van der Waals surface area contributed by atoms with Crippen LogP contribution in [-0.2, 0) is 14.3 Å². The lowest BCUT2D eigenvalue weighted by Gasteiger charge is -2.18. The molecule has 0 saturated carbocycles. The molecule has 2 aliphatic rings. The molecule has 2 amide bonds. The fourth-order valence-corrected chi connectivity index (χ4v) is 4.20. The first-order valence-corrected chi connectivity index (χ1v) is 10.3. The average Bonchev–Trinajstić information content (AvgIpc) is 3.03. The largest absolute Gasteiger partial charge is 0.454 e. The number of para-hydroxylation sites is 1. The van der Waals surface area contributed by atoms with Crippen LogP contribution in [0.15, 0.2) is 54.6 Å². The first-order valence-electron chi connectivity index (χ1n) is 10.3. The predicted octanol–water partition coefficient (Wildman–Crippen LogP) is 3.80. The average molecular weight is 417 g/mol. The number of ketones is 1. The van der Waals surface area contributed by atoms with E-state index in [0.29, 0.717) is 18.4 Å². The number of imide groups is 1. The molecule has 0 aromatic heterocycles. The number of esters is 1. The molecule has 2 unspecified atom stereocenters. The lowest BCUT2D eigenvalue weighted by molar-refractivity contribution is -0.122. The fraction of sp³-hybridized carbons (Fsp3) is 0.280. The molecule has 1 aliphatic carbocycles. The van der Waals surface area contributed by atoms with Gasteiger partial charge in [0.1, 0.15) is 0 Å². The van der Waals surface area contributed by atoms with Gasteiger partial charge in [0.25, 0.3) is 0 Å². The Hall–Kier alpha value is -3.54. The first kappa shape index (κ1) is 20.7. The van der Waals surface area contributed by atoms with Crippen LogP contribution in [0.25, 0.3) is 0 Å². The van der Waals surface area contributed by atoms with E-state index in [1.165, 1.54) is 6.07 Å². The monoisotopic (exact) mass is 417 g/mol. The van der Waals surface area contributed by atoms with Gasteiger partial charge in [-0.2, -0.15) is 0 Å². The molecule has 0 spiro atoms. The Balaban J connectivity index is 1.54. The van der Waals surface area contributed by atoms with E-state index in [0.717, 1.165) is 16.0 Å². The summed E-state index contributed by atoms with van der Waals surface area (Å²) in [6, 6.07) is 11.9. The zero-order valence-electron chi connectivity index (χ0n) is 17.5. The minimum Gasteiger partial charge on any atom is -0.454 e. The van der Waals surface area contributed by atoms with Gasteiger partial charge in [0.15, 0.2) is 6.61 Å². The van der Waals surface area contributed by atoms with Crippen LogP contribution < -0.4 is 4.90 Å². The number of fused-ring (bicyclic) bond motifs is 1. The highest BCUT2D eigenvalue weighted by molar-refractivity contribution is 6.24. The van der Waals surface area contributed by atoms with E-state index >= 15 is 0 Å². The van der Waals surface area contributed by atoms with Gasteiger partial charge >= 0.3 is 5.97 Å². The Morgan fingerprint density at radius 2 is 1.58 bits per heavy atom. The van der Waals surface area contributed by atoms with Crippen molar-refractivity contribution >= 4 is 29.3 Å². The van der Waals surface area contributed by atoms with E-state index in [-0.39, 0.29) is 28.8 Å². The normalized spacial score (nSPS) is 20.0. The van der Waals surface area contributed by atoms with Crippen molar-refractivity contribution in [3.05, 3.63) is 76.9 Å². The Morgan fingerprint density at radius 1 is 0.935 bits per heavy atom. The minimum atomic E-state index is -0.747. The summed E-state index contributed by atoms with van der Waals surface area (Å²) in [6.45, 7) is 3.28. The maximum absolute atomic E-state index is 12.9. The number of Topliss-reactive ketones (excluding diaryl/α,β-unsaturated/α-hetero) is 1. The quantitative estimate of drug-likeness (QED) is 0.320. The highest BCUT2D eigenvalue weighted by Gasteiger charge is 2.48. The second-order valence-corrected chi connectivity index (χ2v) is 8.00. The third-order valence-corrected chi connectivity index (χ3v) is 5.90. The third kappa shape index (κ3) is 3.81. The number of benzene rings is 2. The van der Waals surface area contributed by atoms with Gasteiger partial charge in [0.05, 0.1) is 23.1 Å². The van der Waals surface area contributed by atoms with E-state index in [1.54, 1.807) is 24.3 Å². The summed E-state index contributed by atoms with van der Waals surface area (Å²) in [5, 5.41) is 0. The second kappa shape index (κ2) is 8.30. The Morgan fingerprint density at radius 3 is 2.26 bits per heavy atom. The molecule has 1 fully saturated rings. The van der Waals surface area contributed by atoms with Crippen LogP contribution in [0.1, 0.15) is 44.7 Å². The molecule has 6 heteroatoms. The number of carbonyl (C=O) groups excluding carboxylic acids is 4. The highest BCUT2D eigenvalue weighted by Crippen LogP contribution is 2.38. The number of carbonyl (C=O) groups is 4. The summed E-state index contributed by atoms with van der Waals surface area (Å²) >= 11 is 0. The van der Waals surface area contributed by atoms with Crippen LogP contribution in [0.2, 0.25) is 0 Å². The molecule has 158 valence electrons. The molecule has 4 rings (SSSR count). The molecule has 2 atom stereocenters. The molecule has 6 nitrogen and oxygen atoms in total. The molecule has 1 aliphatic heterocycles. The third-order valence-electron chi connectivity index (χ3n) is 5.90. The van der Waals surface area contributed by atoms with Crippen molar-refractivity contribution in [3.8, 4) is 0 Å². The van der Waals surface area contributed by atoms with Gasteiger partial charge in [-0.3, -0.25) is 14.4 Å². The number of ether oxygens (including phenoxy) is 1. The Kier molecular flexibility index (Phi) is 5.55. The van der Waals surface area contributed by atoms with Gasteiger partial charge in [-0.05, 0) is 50.5 Å². The Bertz CT molecular complexity index is 1090. The fourth-order valence-electron chi connectivity index (χ4n) is 4.20. The number of rotatable bonds is 5. The smallest absolute Gasteiger partial charge is 0.340 e. The summed E-state index contributed by atoms with van der Waals surface area (Å²) in [6.07, 6.45) is 4.86. The molecule has 1 heterocycles. The van der Waals surface area contributed by atoms with Crippen LogP contribution >= 0.6 is 0 Å². The summed E-state index contributed by atoms with van der Waals surface area (Å²) in [4.78, 5) is 52.3. The number of hydrogen-bond acceptors (Lipinski definition) is 5. The molecule has 0 N–H and O–H groups in total. The molecule has 2 aromatic carbocycles. The van der Waals surface area contributed by atoms with Crippen LogP contribution in [0, 0.1) is 25.7 Å². The maximum Gasteiger partial charge on any atom is 0.340 e. The lowest BCUT2D eigenvalue weighted by atomic mass is 9.85. The van der Waals surface area contributed by atoms with E-state index in [1.807, 2.05) is 38.1 Å². The molecule has 31 heavy (non-hydrogen) atoms. The summed E-state index contributed by atoms with van der Waals surface area (Å²) in [7, 11) is 0. The van der Waals surface area contributed by atoms with E-state index in [9.17, 15) is 19.2 Å². The van der Waals surface area contributed by atoms with E-state index in [2.05, 4.69) is 0 Å². The number of anilines is 1. The zero-order valence-corrected chi connectivity index (χ0v) is 17.5.